The molecule has 0 saturated heterocycles. The molecule has 110 valence electrons. The summed E-state index contributed by atoms with van der Waals surface area (Å²) < 4.78 is 0. The molecule has 2 aromatic carbocycles. The van der Waals surface area contributed by atoms with Crippen LogP contribution in [-0.4, -0.2) is 6.04 Å². The zero-order valence-corrected chi connectivity index (χ0v) is 12.7. The van der Waals surface area contributed by atoms with Gasteiger partial charge in [0.2, 0.25) is 0 Å². The van der Waals surface area contributed by atoms with Gasteiger partial charge in [0.05, 0.1) is 0 Å². The van der Waals surface area contributed by atoms with Crippen LogP contribution in [0.4, 0.5) is 0 Å². The van der Waals surface area contributed by atoms with Crippen LogP contribution >= 0.6 is 0 Å². The summed E-state index contributed by atoms with van der Waals surface area (Å²) in [5, 5.41) is 0. The number of hydrogen-bond acceptors (Lipinski definition) is 2. The highest BCUT2D eigenvalue weighted by atomic mass is 15.2. The van der Waals surface area contributed by atoms with Gasteiger partial charge in [0.25, 0.3) is 0 Å². The van der Waals surface area contributed by atoms with Crippen LogP contribution in [0, 0.1) is 6.92 Å². The molecule has 21 heavy (non-hydrogen) atoms. The van der Waals surface area contributed by atoms with E-state index in [1.165, 1.54) is 41.5 Å². The first-order valence-corrected chi connectivity index (χ1v) is 7.87. The zero-order chi connectivity index (χ0) is 14.7. The predicted octanol–water partition coefficient (Wildman–Crippen LogP) is 3.49. The SMILES string of the molecule is Cc1cccc(CC(NN)C2CCCc3ccccc32)c1. The molecular weight excluding hydrogens is 256 g/mol. The number of rotatable bonds is 4. The largest absolute Gasteiger partial charge is 0.271 e. The Hall–Kier alpha value is -1.64. The Bertz CT molecular complexity index is 606. The molecule has 2 unspecified atom stereocenters. The maximum absolute atomic E-state index is 5.90. The number of benzene rings is 2. The molecule has 2 nitrogen and oxygen atoms in total. The Morgan fingerprint density at radius 1 is 1.19 bits per heavy atom. The van der Waals surface area contributed by atoms with E-state index in [2.05, 4.69) is 60.9 Å². The van der Waals surface area contributed by atoms with Crippen molar-refractivity contribution >= 4 is 0 Å². The van der Waals surface area contributed by atoms with Crippen LogP contribution < -0.4 is 11.3 Å². The van der Waals surface area contributed by atoms with E-state index < -0.39 is 0 Å². The number of hydrazine groups is 1. The molecular formula is C19H24N2. The van der Waals surface area contributed by atoms with Crippen LogP contribution in [0.2, 0.25) is 0 Å². The monoisotopic (exact) mass is 280 g/mol. The molecule has 0 amide bonds. The van der Waals surface area contributed by atoms with Crippen LogP contribution in [0.1, 0.15) is 41.0 Å². The molecule has 1 aliphatic carbocycles. The lowest BCUT2D eigenvalue weighted by molar-refractivity contribution is 0.395. The molecule has 3 N–H and O–H groups in total. The van der Waals surface area contributed by atoms with Crippen molar-refractivity contribution in [2.24, 2.45) is 5.84 Å². The molecule has 0 spiro atoms. The number of fused-ring (bicyclic) bond motifs is 1. The van der Waals surface area contributed by atoms with Crippen LogP contribution in [0.15, 0.2) is 48.5 Å². The van der Waals surface area contributed by atoms with Crippen molar-refractivity contribution in [3.63, 3.8) is 0 Å². The minimum atomic E-state index is 0.299. The van der Waals surface area contributed by atoms with Gasteiger partial charge in [0, 0.05) is 12.0 Å². The second-order valence-corrected chi connectivity index (χ2v) is 6.16. The smallest absolute Gasteiger partial charge is 0.0319 e. The van der Waals surface area contributed by atoms with E-state index in [1.54, 1.807) is 0 Å². The topological polar surface area (TPSA) is 38.0 Å². The van der Waals surface area contributed by atoms with Crippen molar-refractivity contribution in [1.29, 1.82) is 0 Å². The molecule has 0 bridgehead atoms. The number of nitrogens with two attached hydrogens (primary N) is 1. The highest BCUT2D eigenvalue weighted by molar-refractivity contribution is 5.34. The lowest BCUT2D eigenvalue weighted by Gasteiger charge is -2.32. The first-order chi connectivity index (χ1) is 10.3. The summed E-state index contributed by atoms with van der Waals surface area (Å²) in [7, 11) is 0. The van der Waals surface area contributed by atoms with Gasteiger partial charge in [-0.15, -0.1) is 0 Å². The van der Waals surface area contributed by atoms with Gasteiger partial charge in [0.1, 0.15) is 0 Å². The van der Waals surface area contributed by atoms with Gasteiger partial charge in [0.15, 0.2) is 0 Å². The van der Waals surface area contributed by atoms with Crippen molar-refractivity contribution in [1.82, 2.24) is 5.43 Å². The molecule has 2 aromatic rings. The molecule has 3 rings (SSSR count). The average molecular weight is 280 g/mol. The van der Waals surface area contributed by atoms with Gasteiger partial charge in [-0.1, -0.05) is 54.1 Å². The lowest BCUT2D eigenvalue weighted by Crippen LogP contribution is -2.42. The van der Waals surface area contributed by atoms with E-state index >= 15 is 0 Å². The minimum absolute atomic E-state index is 0.299. The molecule has 2 atom stereocenters. The third-order valence-corrected chi connectivity index (χ3v) is 4.65. The van der Waals surface area contributed by atoms with Gasteiger partial charge in [-0.25, -0.2) is 0 Å². The van der Waals surface area contributed by atoms with Gasteiger partial charge in [-0.2, -0.15) is 0 Å². The van der Waals surface area contributed by atoms with Crippen molar-refractivity contribution in [2.75, 3.05) is 0 Å². The number of hydrogen-bond donors (Lipinski definition) is 2. The Balaban J connectivity index is 1.84. The second kappa shape index (κ2) is 6.42. The summed E-state index contributed by atoms with van der Waals surface area (Å²) in [5.41, 5.74) is 8.74. The van der Waals surface area contributed by atoms with Crippen LogP contribution in [-0.2, 0) is 12.8 Å². The molecule has 1 aliphatic rings. The Morgan fingerprint density at radius 3 is 2.86 bits per heavy atom. The van der Waals surface area contributed by atoms with Gasteiger partial charge in [-0.3, -0.25) is 11.3 Å². The Kier molecular flexibility index (Phi) is 4.37. The molecule has 2 heteroatoms. The first kappa shape index (κ1) is 14.3. The van der Waals surface area contributed by atoms with E-state index in [4.69, 9.17) is 5.84 Å². The van der Waals surface area contributed by atoms with E-state index in [0.717, 1.165) is 6.42 Å². The highest BCUT2D eigenvalue weighted by Gasteiger charge is 2.27. The van der Waals surface area contributed by atoms with Crippen molar-refractivity contribution in [2.45, 2.75) is 44.6 Å². The summed E-state index contributed by atoms with van der Waals surface area (Å²) in [6.45, 7) is 2.14. The zero-order valence-electron chi connectivity index (χ0n) is 12.7. The lowest BCUT2D eigenvalue weighted by atomic mass is 9.77. The van der Waals surface area contributed by atoms with E-state index in [-0.39, 0.29) is 0 Å². The van der Waals surface area contributed by atoms with Crippen LogP contribution in [0.5, 0.6) is 0 Å². The summed E-state index contributed by atoms with van der Waals surface area (Å²) in [4.78, 5) is 0. The van der Waals surface area contributed by atoms with Crippen molar-refractivity contribution in [3.05, 3.63) is 70.8 Å². The molecule has 0 heterocycles. The maximum atomic E-state index is 5.90. The van der Waals surface area contributed by atoms with Gasteiger partial charge < -0.3 is 0 Å². The number of nitrogens with one attached hydrogen (secondary N) is 1. The Labute approximate surface area is 127 Å². The predicted molar refractivity (Wildman–Crippen MR) is 88.1 cm³/mol. The minimum Gasteiger partial charge on any atom is -0.271 e. The summed E-state index contributed by atoms with van der Waals surface area (Å²) >= 11 is 0. The summed E-state index contributed by atoms with van der Waals surface area (Å²) in [6.07, 6.45) is 4.66. The number of aryl methyl sites for hydroxylation is 2. The molecule has 0 aliphatic heterocycles. The molecule has 0 saturated carbocycles. The fourth-order valence-corrected chi connectivity index (χ4v) is 3.62. The third-order valence-electron chi connectivity index (χ3n) is 4.65. The van der Waals surface area contributed by atoms with Gasteiger partial charge >= 0.3 is 0 Å². The van der Waals surface area contributed by atoms with Crippen LogP contribution in [0.25, 0.3) is 0 Å². The fraction of sp³-hybridized carbons (Fsp3) is 0.368. The van der Waals surface area contributed by atoms with Crippen LogP contribution in [0.3, 0.4) is 0 Å². The molecule has 0 fully saturated rings. The maximum Gasteiger partial charge on any atom is 0.0319 e. The highest BCUT2D eigenvalue weighted by Crippen LogP contribution is 2.34. The third kappa shape index (κ3) is 3.17. The fourth-order valence-electron chi connectivity index (χ4n) is 3.62. The first-order valence-electron chi connectivity index (χ1n) is 7.87. The molecule has 0 radical (unpaired) electrons. The quantitative estimate of drug-likeness (QED) is 0.664. The van der Waals surface area contributed by atoms with E-state index in [9.17, 15) is 0 Å². The summed E-state index contributed by atoms with van der Waals surface area (Å²) in [5.74, 6) is 6.41. The summed E-state index contributed by atoms with van der Waals surface area (Å²) in [6, 6.07) is 17.9. The van der Waals surface area contributed by atoms with E-state index in [0.29, 0.717) is 12.0 Å². The van der Waals surface area contributed by atoms with Crippen molar-refractivity contribution in [3.8, 4) is 0 Å². The normalized spacial score (nSPS) is 19.0. The average Bonchev–Trinajstić information content (AvgIpc) is 2.52. The van der Waals surface area contributed by atoms with Gasteiger partial charge in [-0.05, 0) is 49.3 Å². The van der Waals surface area contributed by atoms with Crippen molar-refractivity contribution < 1.29 is 0 Å². The van der Waals surface area contributed by atoms with E-state index in [1.807, 2.05) is 0 Å². The standard InChI is InChI=1S/C19H24N2/c1-14-6-4-7-15(12-14)13-19(21-20)18-11-5-9-16-8-2-3-10-17(16)18/h2-4,6-8,10,12,18-19,21H,5,9,11,13,20H2,1H3. The molecule has 0 aromatic heterocycles. The second-order valence-electron chi connectivity index (χ2n) is 6.16. The Morgan fingerprint density at radius 2 is 2.05 bits per heavy atom.